The summed E-state index contributed by atoms with van der Waals surface area (Å²) in [5.41, 5.74) is 4.69. The predicted molar refractivity (Wildman–Crippen MR) is 106 cm³/mol. The minimum atomic E-state index is -0.00489. The van der Waals surface area contributed by atoms with Crippen molar-refractivity contribution in [3.05, 3.63) is 57.0 Å². The van der Waals surface area contributed by atoms with Crippen LogP contribution in [0.5, 0.6) is 5.75 Å². The fourth-order valence-electron chi connectivity index (χ4n) is 4.65. The van der Waals surface area contributed by atoms with Crippen molar-refractivity contribution in [3.8, 4) is 5.75 Å². The largest absolute Gasteiger partial charge is 0.493 e. The van der Waals surface area contributed by atoms with E-state index < -0.39 is 0 Å². The molecule has 5 rings (SSSR count). The van der Waals surface area contributed by atoms with Gasteiger partial charge in [-0.3, -0.25) is 9.69 Å². The quantitative estimate of drug-likeness (QED) is 0.793. The number of hydrogen-bond acceptors (Lipinski definition) is 5. The van der Waals surface area contributed by atoms with E-state index in [1.165, 1.54) is 17.5 Å². The van der Waals surface area contributed by atoms with Gasteiger partial charge in [-0.25, -0.2) is 4.68 Å². The molecule has 4 heterocycles. The number of benzene rings is 1. The molecule has 0 bridgehead atoms. The fourth-order valence-corrected chi connectivity index (χ4v) is 4.65. The number of aromatic nitrogens is 2. The van der Waals surface area contributed by atoms with Crippen LogP contribution >= 0.6 is 0 Å². The first-order valence-corrected chi connectivity index (χ1v) is 10.4. The molecule has 0 spiro atoms. The molecule has 1 saturated heterocycles. The van der Waals surface area contributed by atoms with E-state index in [1.54, 1.807) is 10.7 Å². The first kappa shape index (κ1) is 17.9. The minimum Gasteiger partial charge on any atom is -0.493 e. The van der Waals surface area contributed by atoms with Crippen LogP contribution in [0.25, 0.3) is 0 Å². The molecule has 1 fully saturated rings. The summed E-state index contributed by atoms with van der Waals surface area (Å²) >= 11 is 0. The van der Waals surface area contributed by atoms with Crippen molar-refractivity contribution >= 4 is 0 Å². The zero-order chi connectivity index (χ0) is 18.9. The monoisotopic (exact) mass is 381 g/mol. The Hall–Kier alpha value is -2.18. The SMILES string of the molecule is O=c1cc2c(nn1CC1CCCN1CCc1ccc3c(c1)CCO3)CCOC2. The van der Waals surface area contributed by atoms with Gasteiger partial charge >= 0.3 is 0 Å². The Bertz CT molecular complexity index is 924. The first-order valence-electron chi connectivity index (χ1n) is 10.4. The number of likely N-dealkylation sites (tertiary alicyclic amines) is 1. The summed E-state index contributed by atoms with van der Waals surface area (Å²) in [6, 6.07) is 8.70. The highest BCUT2D eigenvalue weighted by atomic mass is 16.5. The van der Waals surface area contributed by atoms with Crippen LogP contribution in [0.1, 0.15) is 35.2 Å². The standard InChI is InChI=1S/C22H27N3O3/c26-22-13-18-15-27-10-7-20(18)23-25(22)14-19-2-1-8-24(19)9-5-16-3-4-21-17(12-16)6-11-28-21/h3-4,12-13,19H,1-2,5-11,14-15H2. The maximum absolute atomic E-state index is 12.5. The Morgan fingerprint density at radius 1 is 1.14 bits per heavy atom. The van der Waals surface area contributed by atoms with E-state index in [-0.39, 0.29) is 5.56 Å². The smallest absolute Gasteiger partial charge is 0.267 e. The molecular formula is C22H27N3O3. The van der Waals surface area contributed by atoms with Crippen molar-refractivity contribution in [3.63, 3.8) is 0 Å². The zero-order valence-corrected chi connectivity index (χ0v) is 16.2. The van der Waals surface area contributed by atoms with Crippen molar-refractivity contribution in [2.45, 2.75) is 51.3 Å². The molecule has 148 valence electrons. The molecule has 0 aliphatic carbocycles. The molecule has 0 N–H and O–H groups in total. The van der Waals surface area contributed by atoms with Gasteiger partial charge in [-0.15, -0.1) is 0 Å². The summed E-state index contributed by atoms with van der Waals surface area (Å²) in [5, 5.41) is 4.65. The van der Waals surface area contributed by atoms with Crippen LogP contribution < -0.4 is 10.3 Å². The Morgan fingerprint density at radius 2 is 2.11 bits per heavy atom. The van der Waals surface area contributed by atoms with E-state index in [0.717, 1.165) is 62.4 Å². The molecule has 1 atom stereocenters. The van der Waals surface area contributed by atoms with E-state index in [2.05, 4.69) is 28.2 Å². The van der Waals surface area contributed by atoms with Crippen LogP contribution in [0.2, 0.25) is 0 Å². The van der Waals surface area contributed by atoms with Crippen molar-refractivity contribution in [1.29, 1.82) is 0 Å². The maximum atomic E-state index is 12.5. The maximum Gasteiger partial charge on any atom is 0.267 e. The molecule has 6 nitrogen and oxygen atoms in total. The fraction of sp³-hybridized carbons (Fsp3) is 0.545. The van der Waals surface area contributed by atoms with Crippen molar-refractivity contribution < 1.29 is 9.47 Å². The Balaban J connectivity index is 1.25. The summed E-state index contributed by atoms with van der Waals surface area (Å²) in [6.07, 6.45) is 5.18. The van der Waals surface area contributed by atoms with Gasteiger partial charge in [0.1, 0.15) is 5.75 Å². The summed E-state index contributed by atoms with van der Waals surface area (Å²) in [6.45, 7) is 4.83. The van der Waals surface area contributed by atoms with Gasteiger partial charge in [0, 0.05) is 37.1 Å². The number of hydrogen-bond donors (Lipinski definition) is 0. The molecule has 0 radical (unpaired) electrons. The third-order valence-corrected chi connectivity index (χ3v) is 6.23. The zero-order valence-electron chi connectivity index (χ0n) is 16.2. The van der Waals surface area contributed by atoms with Gasteiger partial charge in [-0.05, 0) is 43.0 Å². The van der Waals surface area contributed by atoms with Crippen LogP contribution in [0.15, 0.2) is 29.1 Å². The third-order valence-electron chi connectivity index (χ3n) is 6.23. The molecule has 1 unspecified atom stereocenters. The van der Waals surface area contributed by atoms with E-state index in [4.69, 9.17) is 9.47 Å². The summed E-state index contributed by atoms with van der Waals surface area (Å²) in [5.74, 6) is 1.05. The van der Waals surface area contributed by atoms with Crippen LogP contribution in [0, 0.1) is 0 Å². The number of ether oxygens (including phenoxy) is 2. The topological polar surface area (TPSA) is 56.6 Å². The molecule has 6 heteroatoms. The highest BCUT2D eigenvalue weighted by molar-refractivity contribution is 5.39. The first-order chi connectivity index (χ1) is 13.8. The van der Waals surface area contributed by atoms with Crippen LogP contribution in [-0.2, 0) is 37.2 Å². The van der Waals surface area contributed by atoms with Crippen molar-refractivity contribution in [2.24, 2.45) is 0 Å². The highest BCUT2D eigenvalue weighted by Crippen LogP contribution is 2.26. The lowest BCUT2D eigenvalue weighted by Crippen LogP contribution is -2.38. The predicted octanol–water partition coefficient (Wildman–Crippen LogP) is 1.96. The molecule has 3 aliphatic heterocycles. The molecule has 1 aromatic heterocycles. The van der Waals surface area contributed by atoms with Crippen LogP contribution in [-0.4, -0.2) is 47.0 Å². The molecule has 0 saturated carbocycles. The molecule has 28 heavy (non-hydrogen) atoms. The highest BCUT2D eigenvalue weighted by Gasteiger charge is 2.26. The van der Waals surface area contributed by atoms with Gasteiger partial charge in [0.15, 0.2) is 0 Å². The molecule has 3 aliphatic rings. The van der Waals surface area contributed by atoms with Crippen molar-refractivity contribution in [1.82, 2.24) is 14.7 Å². The summed E-state index contributed by atoms with van der Waals surface area (Å²) in [7, 11) is 0. The van der Waals surface area contributed by atoms with Gasteiger partial charge in [0.05, 0.1) is 32.1 Å². The van der Waals surface area contributed by atoms with E-state index in [1.807, 2.05) is 0 Å². The van der Waals surface area contributed by atoms with Gasteiger partial charge < -0.3 is 9.47 Å². The average molecular weight is 381 g/mol. The second-order valence-electron chi connectivity index (χ2n) is 8.06. The molecule has 0 amide bonds. The third kappa shape index (κ3) is 3.59. The van der Waals surface area contributed by atoms with Gasteiger partial charge in [0.25, 0.3) is 5.56 Å². The Morgan fingerprint density at radius 3 is 3.07 bits per heavy atom. The van der Waals surface area contributed by atoms with E-state index in [0.29, 0.717) is 25.8 Å². The number of fused-ring (bicyclic) bond motifs is 2. The van der Waals surface area contributed by atoms with E-state index in [9.17, 15) is 4.79 Å². The minimum absolute atomic E-state index is 0.00489. The lowest BCUT2D eigenvalue weighted by Gasteiger charge is -2.25. The van der Waals surface area contributed by atoms with Gasteiger partial charge in [0.2, 0.25) is 0 Å². The van der Waals surface area contributed by atoms with Crippen LogP contribution in [0.3, 0.4) is 0 Å². The lowest BCUT2D eigenvalue weighted by molar-refractivity contribution is 0.107. The Kier molecular flexibility index (Phi) is 4.91. The van der Waals surface area contributed by atoms with Crippen LogP contribution in [0.4, 0.5) is 0 Å². The molecular weight excluding hydrogens is 354 g/mol. The van der Waals surface area contributed by atoms with E-state index >= 15 is 0 Å². The lowest BCUT2D eigenvalue weighted by atomic mass is 10.1. The summed E-state index contributed by atoms with van der Waals surface area (Å²) < 4.78 is 12.7. The average Bonchev–Trinajstić information content (AvgIpc) is 3.35. The van der Waals surface area contributed by atoms with Gasteiger partial charge in [-0.2, -0.15) is 5.10 Å². The molecule has 1 aromatic carbocycles. The molecule has 2 aromatic rings. The second kappa shape index (κ2) is 7.68. The van der Waals surface area contributed by atoms with Crippen molar-refractivity contribution in [2.75, 3.05) is 26.3 Å². The Labute approximate surface area is 165 Å². The summed E-state index contributed by atoms with van der Waals surface area (Å²) in [4.78, 5) is 15.0. The number of nitrogens with zero attached hydrogens (tertiary/aromatic N) is 3. The number of rotatable bonds is 5. The second-order valence-corrected chi connectivity index (χ2v) is 8.06. The van der Waals surface area contributed by atoms with Gasteiger partial charge in [-0.1, -0.05) is 12.1 Å². The normalized spacial score (nSPS) is 21.4.